The van der Waals surface area contributed by atoms with Crippen LogP contribution in [-0.2, 0) is 0 Å². The fraction of sp³-hybridized carbons (Fsp3) is 0.429. The van der Waals surface area contributed by atoms with E-state index in [2.05, 4.69) is 0 Å². The maximum absolute atomic E-state index is 15.4. The Balaban J connectivity index is 1.25. The molecule has 0 aromatic heterocycles. The molecule has 2 aliphatic carbocycles. The lowest BCUT2D eigenvalue weighted by Crippen LogP contribution is -2.16. The monoisotopic (exact) mass is 602 g/mol. The molecule has 3 aromatic rings. The van der Waals surface area contributed by atoms with E-state index < -0.39 is 34.9 Å². The normalized spacial score (nSPS) is 20.6. The zero-order chi connectivity index (χ0) is 30.7. The minimum atomic E-state index is -1.03. The van der Waals surface area contributed by atoms with Crippen LogP contribution in [0.25, 0.3) is 5.57 Å². The first-order valence-electron chi connectivity index (χ1n) is 15.1. The number of hydrogen-bond donors (Lipinski definition) is 0. The van der Waals surface area contributed by atoms with Crippen LogP contribution in [0.5, 0.6) is 11.5 Å². The molecule has 0 heterocycles. The van der Waals surface area contributed by atoms with Crippen molar-refractivity contribution in [1.29, 1.82) is 0 Å². The van der Waals surface area contributed by atoms with Crippen LogP contribution < -0.4 is 9.47 Å². The van der Waals surface area contributed by atoms with Crippen molar-refractivity contribution in [3.8, 4) is 11.5 Å². The highest BCUT2D eigenvalue weighted by Gasteiger charge is 2.31. The quantitative estimate of drug-likeness (QED) is 0.227. The number of hydrogen-bond acceptors (Lipinski definition) is 2. The van der Waals surface area contributed by atoms with Crippen LogP contribution in [0.3, 0.4) is 0 Å². The third kappa shape index (κ3) is 6.29. The maximum Gasteiger partial charge on any atom is 0.201 e. The molecule has 0 bridgehead atoms. The van der Waals surface area contributed by atoms with Gasteiger partial charge in [-0.25, -0.2) is 17.6 Å². The Hall–Kier alpha value is -3.42. The average molecular weight is 603 g/mol. The van der Waals surface area contributed by atoms with Gasteiger partial charge < -0.3 is 9.47 Å². The van der Waals surface area contributed by atoms with E-state index in [4.69, 9.17) is 9.47 Å². The van der Waals surface area contributed by atoms with E-state index in [-0.39, 0.29) is 47.0 Å². The number of rotatable bonds is 9. The van der Waals surface area contributed by atoms with E-state index in [1.807, 2.05) is 6.92 Å². The summed E-state index contributed by atoms with van der Waals surface area (Å²) in [6.07, 6.45) is 5.77. The molecule has 0 amide bonds. The predicted molar refractivity (Wildman–Crippen MR) is 155 cm³/mol. The van der Waals surface area contributed by atoms with E-state index in [0.29, 0.717) is 74.7 Å². The molecule has 8 heteroatoms. The summed E-state index contributed by atoms with van der Waals surface area (Å²) in [6.45, 7) is 4.08. The van der Waals surface area contributed by atoms with Crippen LogP contribution in [0.2, 0.25) is 0 Å². The molecule has 3 aromatic carbocycles. The average Bonchev–Trinajstić information content (AvgIpc) is 3.02. The van der Waals surface area contributed by atoms with Gasteiger partial charge in [0, 0.05) is 5.56 Å². The molecule has 0 spiro atoms. The van der Waals surface area contributed by atoms with Crippen LogP contribution in [0.15, 0.2) is 42.5 Å². The lowest BCUT2D eigenvalue weighted by molar-refractivity contribution is 0.293. The third-order valence-electron chi connectivity index (χ3n) is 8.83. The number of ether oxygens (including phenoxy) is 2. The van der Waals surface area contributed by atoms with E-state index in [1.54, 1.807) is 31.2 Å². The van der Waals surface area contributed by atoms with Crippen molar-refractivity contribution in [2.24, 2.45) is 0 Å². The molecule has 230 valence electrons. The van der Waals surface area contributed by atoms with Crippen molar-refractivity contribution in [2.45, 2.75) is 83.0 Å². The third-order valence-corrected chi connectivity index (χ3v) is 8.83. The minimum Gasteiger partial charge on any atom is -0.491 e. The lowest BCUT2D eigenvalue weighted by atomic mass is 9.75. The van der Waals surface area contributed by atoms with Gasteiger partial charge in [0.15, 0.2) is 34.8 Å². The second-order valence-electron chi connectivity index (χ2n) is 11.4. The molecule has 1 saturated carbocycles. The summed E-state index contributed by atoms with van der Waals surface area (Å²) in [5.41, 5.74) is 1.64. The van der Waals surface area contributed by atoms with E-state index >= 15 is 8.78 Å². The summed E-state index contributed by atoms with van der Waals surface area (Å²) in [7, 11) is 0. The molecular weight excluding hydrogens is 566 g/mol. The predicted octanol–water partition coefficient (Wildman–Crippen LogP) is 10.5. The van der Waals surface area contributed by atoms with Gasteiger partial charge in [-0.3, -0.25) is 0 Å². The minimum absolute atomic E-state index is 0.101. The van der Waals surface area contributed by atoms with Gasteiger partial charge in [-0.15, -0.1) is 0 Å². The van der Waals surface area contributed by atoms with Gasteiger partial charge in [0.05, 0.1) is 13.2 Å². The van der Waals surface area contributed by atoms with Crippen molar-refractivity contribution in [2.75, 3.05) is 13.2 Å². The number of allylic oxidation sites excluding steroid dienone is 2. The first-order valence-corrected chi connectivity index (χ1v) is 15.1. The molecule has 1 unspecified atom stereocenters. The summed E-state index contributed by atoms with van der Waals surface area (Å²) >= 11 is 0. The van der Waals surface area contributed by atoms with Crippen LogP contribution in [0.1, 0.15) is 105 Å². The van der Waals surface area contributed by atoms with Gasteiger partial charge in [-0.2, -0.15) is 8.78 Å². The first-order chi connectivity index (χ1) is 20.7. The Labute approximate surface area is 248 Å². The standard InChI is InChI=1S/C35H36F6O2/c1-3-19-43-29-18-16-27(33(39)35(29)41)23-11-7-21(8-12-23)25-14-13-24(30(36)31(25)37)20-5-9-22(10-6-20)26-15-17-28(42-4-2)34(40)32(26)38/h9,13-18,20-21,23H,3-8,10-12,19H2,1-2H3. The van der Waals surface area contributed by atoms with Gasteiger partial charge in [0.2, 0.25) is 11.6 Å². The van der Waals surface area contributed by atoms with E-state index in [1.165, 1.54) is 18.2 Å². The maximum atomic E-state index is 15.4. The Morgan fingerprint density at radius 1 is 0.581 bits per heavy atom. The molecule has 0 radical (unpaired) electrons. The van der Waals surface area contributed by atoms with Crippen molar-refractivity contribution in [1.82, 2.24) is 0 Å². The van der Waals surface area contributed by atoms with E-state index in [9.17, 15) is 17.6 Å². The van der Waals surface area contributed by atoms with Crippen LogP contribution in [-0.4, -0.2) is 13.2 Å². The van der Waals surface area contributed by atoms with Crippen molar-refractivity contribution >= 4 is 5.57 Å². The van der Waals surface area contributed by atoms with E-state index in [0.717, 1.165) is 0 Å². The highest BCUT2D eigenvalue weighted by molar-refractivity contribution is 5.68. The fourth-order valence-corrected chi connectivity index (χ4v) is 6.52. The SMILES string of the molecule is CCCOc1ccc(C2CCC(c3ccc(C4CC=C(c5ccc(OCC)c(F)c5F)CC4)c(F)c3F)CC2)c(F)c1F. The molecular formula is C35H36F6O2. The summed E-state index contributed by atoms with van der Waals surface area (Å²) in [6, 6.07) is 9.18. The molecule has 0 aliphatic heterocycles. The summed E-state index contributed by atoms with van der Waals surface area (Å²) in [5.74, 6) is -6.62. The Morgan fingerprint density at radius 3 is 1.65 bits per heavy atom. The lowest BCUT2D eigenvalue weighted by Gasteiger charge is -2.30. The van der Waals surface area contributed by atoms with Gasteiger partial charge >= 0.3 is 0 Å². The smallest absolute Gasteiger partial charge is 0.201 e. The molecule has 43 heavy (non-hydrogen) atoms. The highest BCUT2D eigenvalue weighted by Crippen LogP contribution is 2.45. The molecule has 2 aliphatic rings. The van der Waals surface area contributed by atoms with Gasteiger partial charge in [0.25, 0.3) is 0 Å². The Kier molecular flexibility index (Phi) is 9.72. The van der Waals surface area contributed by atoms with Crippen molar-refractivity contribution in [3.63, 3.8) is 0 Å². The van der Waals surface area contributed by atoms with Crippen LogP contribution in [0, 0.1) is 34.9 Å². The molecule has 2 nitrogen and oxygen atoms in total. The van der Waals surface area contributed by atoms with Crippen molar-refractivity contribution in [3.05, 3.63) is 99.6 Å². The summed E-state index contributed by atoms with van der Waals surface area (Å²) in [5, 5.41) is 0. The molecule has 1 atom stereocenters. The molecule has 5 rings (SSSR count). The largest absolute Gasteiger partial charge is 0.491 e. The second kappa shape index (κ2) is 13.5. The number of benzene rings is 3. The second-order valence-corrected chi connectivity index (χ2v) is 11.4. The molecule has 0 saturated heterocycles. The Morgan fingerprint density at radius 2 is 1.09 bits per heavy atom. The van der Waals surface area contributed by atoms with Crippen molar-refractivity contribution < 1.29 is 35.8 Å². The van der Waals surface area contributed by atoms with Gasteiger partial charge in [-0.1, -0.05) is 31.2 Å². The van der Waals surface area contributed by atoms with Gasteiger partial charge in [-0.05, 0) is 117 Å². The molecule has 1 fully saturated rings. The highest BCUT2D eigenvalue weighted by atomic mass is 19.2. The zero-order valence-electron chi connectivity index (χ0n) is 24.4. The summed E-state index contributed by atoms with van der Waals surface area (Å²) < 4.78 is 99.6. The number of halogens is 6. The van der Waals surface area contributed by atoms with Crippen LogP contribution in [0.4, 0.5) is 26.3 Å². The Bertz CT molecular complexity index is 1490. The zero-order valence-corrected chi connectivity index (χ0v) is 24.4. The van der Waals surface area contributed by atoms with Gasteiger partial charge in [0.1, 0.15) is 0 Å². The topological polar surface area (TPSA) is 18.5 Å². The fourth-order valence-electron chi connectivity index (χ4n) is 6.52. The first kappa shape index (κ1) is 31.0. The van der Waals surface area contributed by atoms with Crippen LogP contribution >= 0.6 is 0 Å². The summed E-state index contributed by atoms with van der Waals surface area (Å²) in [4.78, 5) is 0. The molecule has 0 N–H and O–H groups in total.